The summed E-state index contributed by atoms with van der Waals surface area (Å²) in [6.45, 7) is 4.18. The van der Waals surface area contributed by atoms with E-state index in [-0.39, 0.29) is 23.7 Å². The van der Waals surface area contributed by atoms with E-state index in [9.17, 15) is 9.59 Å². The van der Waals surface area contributed by atoms with Crippen molar-refractivity contribution in [1.29, 1.82) is 0 Å². The largest absolute Gasteiger partial charge is 0.346 e. The molecule has 1 aliphatic heterocycles. The van der Waals surface area contributed by atoms with Gasteiger partial charge < -0.3 is 15.5 Å². The predicted octanol–water partition coefficient (Wildman–Crippen LogP) is 2.35. The highest BCUT2D eigenvalue weighted by Crippen LogP contribution is 2.24. The maximum Gasteiger partial charge on any atom is 0.323 e. The molecule has 0 bridgehead atoms. The zero-order valence-electron chi connectivity index (χ0n) is 17.0. The van der Waals surface area contributed by atoms with Crippen molar-refractivity contribution in [2.45, 2.75) is 19.5 Å². The van der Waals surface area contributed by atoms with Crippen molar-refractivity contribution in [3.63, 3.8) is 0 Å². The van der Waals surface area contributed by atoms with E-state index in [1.165, 1.54) is 0 Å². The van der Waals surface area contributed by atoms with Crippen LogP contribution in [0.4, 0.5) is 9.80 Å². The summed E-state index contributed by atoms with van der Waals surface area (Å²) in [4.78, 5) is 31.7. The number of urea groups is 1. The third-order valence-corrected chi connectivity index (χ3v) is 5.67. The normalized spacial score (nSPS) is 16.0. The van der Waals surface area contributed by atoms with Crippen LogP contribution in [0.25, 0.3) is 0 Å². The number of anilines is 1. The first kappa shape index (κ1) is 20.9. The van der Waals surface area contributed by atoms with Gasteiger partial charge in [-0.25, -0.2) is 4.79 Å². The second kappa shape index (κ2) is 9.63. The molecular weight excluding hydrogens is 414 g/mol. The van der Waals surface area contributed by atoms with Gasteiger partial charge in [0, 0.05) is 43.9 Å². The minimum Gasteiger partial charge on any atom is -0.346 e. The van der Waals surface area contributed by atoms with E-state index in [0.717, 1.165) is 28.4 Å². The molecule has 1 unspecified atom stereocenters. The Hall–Kier alpha value is -3.37. The van der Waals surface area contributed by atoms with Crippen LogP contribution in [-0.4, -0.2) is 51.0 Å². The SMILES string of the molecule is Cc1ccc(CNC(=O)c2nnsc2NC(=O)N2CCNCC2c2ccccn2)cc1. The number of carbonyl (C=O) groups is 2. The van der Waals surface area contributed by atoms with E-state index in [4.69, 9.17) is 0 Å². The number of nitrogens with zero attached hydrogens (tertiary/aromatic N) is 4. The van der Waals surface area contributed by atoms with Crippen molar-refractivity contribution in [3.05, 3.63) is 71.2 Å². The van der Waals surface area contributed by atoms with Crippen LogP contribution in [0.3, 0.4) is 0 Å². The fourth-order valence-corrected chi connectivity index (χ4v) is 3.90. The third kappa shape index (κ3) is 5.04. The topological polar surface area (TPSA) is 112 Å². The molecule has 3 amide bonds. The van der Waals surface area contributed by atoms with Crippen molar-refractivity contribution < 1.29 is 9.59 Å². The summed E-state index contributed by atoms with van der Waals surface area (Å²) in [6.07, 6.45) is 1.71. The second-order valence-electron chi connectivity index (χ2n) is 7.22. The molecule has 3 N–H and O–H groups in total. The molecule has 3 aromatic rings. The monoisotopic (exact) mass is 437 g/mol. The van der Waals surface area contributed by atoms with Crippen LogP contribution < -0.4 is 16.0 Å². The van der Waals surface area contributed by atoms with E-state index >= 15 is 0 Å². The molecule has 0 radical (unpaired) electrons. The van der Waals surface area contributed by atoms with Crippen LogP contribution >= 0.6 is 11.5 Å². The van der Waals surface area contributed by atoms with Crippen molar-refractivity contribution in [2.75, 3.05) is 25.0 Å². The van der Waals surface area contributed by atoms with Crippen molar-refractivity contribution in [1.82, 2.24) is 30.1 Å². The summed E-state index contributed by atoms with van der Waals surface area (Å²) < 4.78 is 3.86. The number of benzene rings is 1. The van der Waals surface area contributed by atoms with Gasteiger partial charge in [0.25, 0.3) is 5.91 Å². The zero-order valence-corrected chi connectivity index (χ0v) is 17.9. The van der Waals surface area contributed by atoms with Crippen LogP contribution in [0, 0.1) is 6.92 Å². The Morgan fingerprint density at radius 1 is 1.23 bits per heavy atom. The van der Waals surface area contributed by atoms with Crippen LogP contribution in [0.1, 0.15) is 33.4 Å². The maximum atomic E-state index is 13.0. The molecule has 2 aromatic heterocycles. The third-order valence-electron chi connectivity index (χ3n) is 5.03. The number of aryl methyl sites for hydroxylation is 1. The summed E-state index contributed by atoms with van der Waals surface area (Å²) in [5, 5.41) is 13.2. The van der Waals surface area contributed by atoms with E-state index in [1.54, 1.807) is 11.1 Å². The number of amides is 3. The van der Waals surface area contributed by atoms with Gasteiger partial charge in [-0.2, -0.15) is 0 Å². The quantitative estimate of drug-likeness (QED) is 0.565. The first-order valence-electron chi connectivity index (χ1n) is 9.97. The molecule has 1 aliphatic rings. The highest BCUT2D eigenvalue weighted by Gasteiger charge is 2.30. The van der Waals surface area contributed by atoms with Gasteiger partial charge in [0.1, 0.15) is 0 Å². The Labute approximate surface area is 184 Å². The Bertz CT molecular complexity index is 1040. The van der Waals surface area contributed by atoms with Gasteiger partial charge in [-0.05, 0) is 24.6 Å². The summed E-state index contributed by atoms with van der Waals surface area (Å²) in [5.74, 6) is -0.383. The fourth-order valence-electron chi connectivity index (χ4n) is 3.35. The Kier molecular flexibility index (Phi) is 6.48. The first-order valence-corrected chi connectivity index (χ1v) is 10.7. The lowest BCUT2D eigenvalue weighted by Crippen LogP contribution is -2.50. The highest BCUT2D eigenvalue weighted by atomic mass is 32.1. The molecule has 4 rings (SSSR count). The number of pyridine rings is 1. The molecule has 0 aliphatic carbocycles. The van der Waals surface area contributed by atoms with Crippen molar-refractivity contribution in [3.8, 4) is 0 Å². The standard InChI is InChI=1S/C21H23N7O2S/c1-14-5-7-15(8-6-14)12-24-19(29)18-20(31-27-26-18)25-21(30)28-11-10-22-13-17(28)16-4-2-3-9-23-16/h2-9,17,22H,10-13H2,1H3,(H,24,29)(H,25,30). The lowest BCUT2D eigenvalue weighted by Gasteiger charge is -2.35. The molecule has 1 aromatic carbocycles. The Morgan fingerprint density at radius 2 is 2.06 bits per heavy atom. The molecule has 1 saturated heterocycles. The van der Waals surface area contributed by atoms with Gasteiger partial charge in [-0.3, -0.25) is 15.1 Å². The van der Waals surface area contributed by atoms with E-state index in [1.807, 2.05) is 49.4 Å². The molecule has 0 spiro atoms. The van der Waals surface area contributed by atoms with Crippen LogP contribution in [0.15, 0.2) is 48.7 Å². The van der Waals surface area contributed by atoms with Crippen LogP contribution in [0.5, 0.6) is 0 Å². The lowest BCUT2D eigenvalue weighted by molar-refractivity contribution is 0.0946. The minimum absolute atomic E-state index is 0.106. The molecule has 160 valence electrons. The predicted molar refractivity (Wildman–Crippen MR) is 118 cm³/mol. The number of nitrogens with one attached hydrogen (secondary N) is 3. The number of rotatable bonds is 5. The summed E-state index contributed by atoms with van der Waals surface area (Å²) >= 11 is 0.979. The minimum atomic E-state index is -0.383. The van der Waals surface area contributed by atoms with Gasteiger partial charge in [-0.1, -0.05) is 40.4 Å². The number of hydrogen-bond donors (Lipinski definition) is 3. The number of hydrogen-bond acceptors (Lipinski definition) is 7. The molecule has 0 saturated carbocycles. The Balaban J connectivity index is 1.42. The average molecular weight is 438 g/mol. The van der Waals surface area contributed by atoms with Crippen molar-refractivity contribution >= 4 is 28.5 Å². The molecule has 10 heteroatoms. The zero-order chi connectivity index (χ0) is 21.6. The Morgan fingerprint density at radius 3 is 2.84 bits per heavy atom. The van der Waals surface area contributed by atoms with Crippen molar-refractivity contribution in [2.24, 2.45) is 0 Å². The van der Waals surface area contributed by atoms with Gasteiger partial charge in [-0.15, -0.1) is 5.10 Å². The number of carbonyl (C=O) groups excluding carboxylic acids is 2. The molecule has 1 atom stereocenters. The summed E-state index contributed by atoms with van der Waals surface area (Å²) in [5.41, 5.74) is 3.05. The molecule has 31 heavy (non-hydrogen) atoms. The van der Waals surface area contributed by atoms with Gasteiger partial charge in [0.05, 0.1) is 11.7 Å². The average Bonchev–Trinajstić information content (AvgIpc) is 3.27. The molecule has 1 fully saturated rings. The van der Waals surface area contributed by atoms with Crippen LogP contribution in [0.2, 0.25) is 0 Å². The van der Waals surface area contributed by atoms with Crippen LogP contribution in [-0.2, 0) is 6.54 Å². The highest BCUT2D eigenvalue weighted by molar-refractivity contribution is 7.10. The molecular formula is C21H23N7O2S. The number of aromatic nitrogens is 3. The second-order valence-corrected chi connectivity index (χ2v) is 7.97. The fraction of sp³-hybridized carbons (Fsp3) is 0.286. The molecule has 9 nitrogen and oxygen atoms in total. The van der Waals surface area contributed by atoms with Gasteiger partial charge in [0.15, 0.2) is 10.7 Å². The number of piperazine rings is 1. The van der Waals surface area contributed by atoms with E-state index in [0.29, 0.717) is 31.2 Å². The van der Waals surface area contributed by atoms with E-state index < -0.39 is 0 Å². The molecule has 3 heterocycles. The summed E-state index contributed by atoms with van der Waals surface area (Å²) in [6, 6.07) is 13.0. The van der Waals surface area contributed by atoms with E-state index in [2.05, 4.69) is 30.5 Å². The van der Waals surface area contributed by atoms with Gasteiger partial charge >= 0.3 is 6.03 Å². The first-order chi connectivity index (χ1) is 15.1. The maximum absolute atomic E-state index is 13.0. The summed E-state index contributed by atoms with van der Waals surface area (Å²) in [7, 11) is 0. The smallest absolute Gasteiger partial charge is 0.323 e. The van der Waals surface area contributed by atoms with Gasteiger partial charge in [0.2, 0.25) is 0 Å². The lowest BCUT2D eigenvalue weighted by atomic mass is 10.1.